The van der Waals surface area contributed by atoms with Crippen LogP contribution in [0.25, 0.3) is 0 Å². The fourth-order valence-corrected chi connectivity index (χ4v) is 3.28. The number of nitrogens with zero attached hydrogens (tertiary/aromatic N) is 1. The van der Waals surface area contributed by atoms with Crippen molar-refractivity contribution in [3.05, 3.63) is 0 Å². The van der Waals surface area contributed by atoms with Crippen molar-refractivity contribution in [3.8, 4) is 0 Å². The van der Waals surface area contributed by atoms with E-state index < -0.39 is 0 Å². The molecular weight excluding hydrogens is 184 g/mol. The molecule has 2 N–H and O–H groups in total. The first kappa shape index (κ1) is 11.4. The largest absolute Gasteiger partial charge is 0.327 e. The van der Waals surface area contributed by atoms with E-state index in [1.165, 1.54) is 45.2 Å². The maximum Gasteiger partial charge on any atom is 0.00981 e. The molecule has 0 bridgehead atoms. The number of likely N-dealkylation sites (tertiary alicyclic amines) is 1. The predicted molar refractivity (Wildman–Crippen MR) is 64.7 cm³/mol. The Labute approximate surface area is 94.2 Å². The number of rotatable bonds is 2. The molecule has 1 saturated heterocycles. The third kappa shape index (κ3) is 2.54. The Hall–Kier alpha value is -0.0800. The van der Waals surface area contributed by atoms with Crippen LogP contribution in [-0.2, 0) is 0 Å². The molecule has 4 atom stereocenters. The van der Waals surface area contributed by atoms with Gasteiger partial charge in [-0.1, -0.05) is 20.3 Å². The number of nitrogens with two attached hydrogens (primary N) is 1. The van der Waals surface area contributed by atoms with Crippen LogP contribution in [0.2, 0.25) is 0 Å². The molecule has 0 amide bonds. The highest BCUT2D eigenvalue weighted by Gasteiger charge is 2.32. The van der Waals surface area contributed by atoms with Gasteiger partial charge < -0.3 is 5.73 Å². The molecule has 2 fully saturated rings. The highest BCUT2D eigenvalue weighted by atomic mass is 15.2. The van der Waals surface area contributed by atoms with Crippen LogP contribution >= 0.6 is 0 Å². The van der Waals surface area contributed by atoms with Crippen LogP contribution in [-0.4, -0.2) is 30.1 Å². The third-order valence-electron chi connectivity index (χ3n) is 4.61. The molecule has 1 aliphatic heterocycles. The molecule has 2 nitrogen and oxygen atoms in total. The first-order valence-electron chi connectivity index (χ1n) is 6.70. The van der Waals surface area contributed by atoms with Crippen molar-refractivity contribution in [2.75, 3.05) is 13.1 Å². The molecule has 1 aliphatic carbocycles. The summed E-state index contributed by atoms with van der Waals surface area (Å²) in [6.45, 7) is 7.12. The van der Waals surface area contributed by atoms with E-state index in [1.807, 2.05) is 0 Å². The van der Waals surface area contributed by atoms with Crippen molar-refractivity contribution in [2.45, 2.75) is 58.0 Å². The van der Waals surface area contributed by atoms with Crippen molar-refractivity contribution in [1.82, 2.24) is 4.90 Å². The lowest BCUT2D eigenvalue weighted by atomic mass is 9.93. The van der Waals surface area contributed by atoms with Gasteiger partial charge in [-0.3, -0.25) is 4.90 Å². The average Bonchev–Trinajstić information content (AvgIpc) is 2.70. The average molecular weight is 210 g/mol. The lowest BCUT2D eigenvalue weighted by Gasteiger charge is -2.38. The summed E-state index contributed by atoms with van der Waals surface area (Å²) >= 11 is 0. The molecular formula is C13H26N2. The Bertz CT molecular complexity index is 205. The van der Waals surface area contributed by atoms with Crippen molar-refractivity contribution < 1.29 is 0 Å². The highest BCUT2D eigenvalue weighted by Crippen LogP contribution is 2.33. The molecule has 2 rings (SSSR count). The summed E-state index contributed by atoms with van der Waals surface area (Å²) in [5, 5.41) is 0. The molecule has 1 heterocycles. The Morgan fingerprint density at radius 3 is 2.67 bits per heavy atom. The van der Waals surface area contributed by atoms with Gasteiger partial charge in [-0.15, -0.1) is 0 Å². The quantitative estimate of drug-likeness (QED) is 0.757. The van der Waals surface area contributed by atoms with Crippen molar-refractivity contribution in [2.24, 2.45) is 17.6 Å². The smallest absolute Gasteiger partial charge is 0.00981 e. The molecule has 1 saturated carbocycles. The first-order chi connectivity index (χ1) is 7.20. The molecule has 2 heteroatoms. The van der Waals surface area contributed by atoms with Crippen molar-refractivity contribution in [1.29, 1.82) is 0 Å². The van der Waals surface area contributed by atoms with E-state index in [4.69, 9.17) is 5.73 Å². The van der Waals surface area contributed by atoms with Gasteiger partial charge in [0.2, 0.25) is 0 Å². The Kier molecular flexibility index (Phi) is 3.68. The standard InChI is InChI=1S/C13H26N2/c1-3-11-4-5-12(8-11)15-7-6-13(14)10(2)9-15/h10-13H,3-9,14H2,1-2H3. The van der Waals surface area contributed by atoms with E-state index in [0.29, 0.717) is 12.0 Å². The second-order valence-corrected chi connectivity index (χ2v) is 5.67. The van der Waals surface area contributed by atoms with Crippen molar-refractivity contribution in [3.63, 3.8) is 0 Å². The summed E-state index contributed by atoms with van der Waals surface area (Å²) in [6, 6.07) is 1.33. The van der Waals surface area contributed by atoms with E-state index in [2.05, 4.69) is 18.7 Å². The van der Waals surface area contributed by atoms with Crippen LogP contribution < -0.4 is 5.73 Å². The lowest BCUT2D eigenvalue weighted by molar-refractivity contribution is 0.115. The minimum absolute atomic E-state index is 0.449. The maximum absolute atomic E-state index is 6.07. The summed E-state index contributed by atoms with van der Waals surface area (Å²) in [7, 11) is 0. The SMILES string of the molecule is CCC1CCC(N2CCC(N)C(C)C2)C1. The zero-order chi connectivity index (χ0) is 10.8. The summed E-state index contributed by atoms with van der Waals surface area (Å²) in [4.78, 5) is 2.71. The zero-order valence-electron chi connectivity index (χ0n) is 10.3. The van der Waals surface area contributed by atoms with Crippen LogP contribution in [0, 0.1) is 11.8 Å². The number of hydrogen-bond donors (Lipinski definition) is 1. The Morgan fingerprint density at radius 1 is 1.27 bits per heavy atom. The Morgan fingerprint density at radius 2 is 2.07 bits per heavy atom. The molecule has 15 heavy (non-hydrogen) atoms. The second kappa shape index (κ2) is 4.84. The monoisotopic (exact) mass is 210 g/mol. The zero-order valence-corrected chi connectivity index (χ0v) is 10.3. The summed E-state index contributed by atoms with van der Waals surface area (Å²) in [5.41, 5.74) is 6.07. The van der Waals surface area contributed by atoms with E-state index in [9.17, 15) is 0 Å². The summed E-state index contributed by atoms with van der Waals surface area (Å²) in [6.07, 6.45) is 6.91. The van der Waals surface area contributed by atoms with Gasteiger partial charge in [0.05, 0.1) is 0 Å². The fourth-order valence-electron chi connectivity index (χ4n) is 3.28. The Balaban J connectivity index is 1.84. The molecule has 0 aromatic heterocycles. The van der Waals surface area contributed by atoms with Gasteiger partial charge in [-0.2, -0.15) is 0 Å². The minimum atomic E-state index is 0.449. The van der Waals surface area contributed by atoms with Crippen LogP contribution in [0.4, 0.5) is 0 Å². The van der Waals surface area contributed by atoms with Gasteiger partial charge in [0.15, 0.2) is 0 Å². The van der Waals surface area contributed by atoms with Gasteiger partial charge in [0, 0.05) is 18.6 Å². The van der Waals surface area contributed by atoms with E-state index in [-0.39, 0.29) is 0 Å². The highest BCUT2D eigenvalue weighted by molar-refractivity contribution is 4.88. The van der Waals surface area contributed by atoms with Gasteiger partial charge in [-0.05, 0) is 44.1 Å². The summed E-state index contributed by atoms with van der Waals surface area (Å²) in [5.74, 6) is 1.69. The van der Waals surface area contributed by atoms with Gasteiger partial charge in [-0.25, -0.2) is 0 Å². The molecule has 0 aromatic rings. The predicted octanol–water partition coefficient (Wildman–Crippen LogP) is 2.23. The minimum Gasteiger partial charge on any atom is -0.327 e. The second-order valence-electron chi connectivity index (χ2n) is 5.67. The van der Waals surface area contributed by atoms with E-state index in [0.717, 1.165) is 12.0 Å². The normalized spacial score (nSPS) is 43.4. The molecule has 4 unspecified atom stereocenters. The topological polar surface area (TPSA) is 29.3 Å². The molecule has 2 aliphatic rings. The van der Waals surface area contributed by atoms with Crippen molar-refractivity contribution >= 4 is 0 Å². The van der Waals surface area contributed by atoms with Crippen LogP contribution in [0.15, 0.2) is 0 Å². The molecule has 0 spiro atoms. The summed E-state index contributed by atoms with van der Waals surface area (Å²) < 4.78 is 0. The first-order valence-corrected chi connectivity index (χ1v) is 6.70. The molecule has 88 valence electrons. The van der Waals surface area contributed by atoms with Gasteiger partial charge in [0.25, 0.3) is 0 Å². The van der Waals surface area contributed by atoms with E-state index in [1.54, 1.807) is 0 Å². The number of hydrogen-bond acceptors (Lipinski definition) is 2. The maximum atomic E-state index is 6.07. The molecule has 0 radical (unpaired) electrons. The lowest BCUT2D eigenvalue weighted by Crippen LogP contribution is -2.49. The van der Waals surface area contributed by atoms with E-state index >= 15 is 0 Å². The van der Waals surface area contributed by atoms with Crippen LogP contribution in [0.3, 0.4) is 0 Å². The fraction of sp³-hybridized carbons (Fsp3) is 1.00. The molecule has 0 aromatic carbocycles. The third-order valence-corrected chi connectivity index (χ3v) is 4.61. The van der Waals surface area contributed by atoms with Crippen LogP contribution in [0.5, 0.6) is 0 Å². The number of piperidine rings is 1. The van der Waals surface area contributed by atoms with Gasteiger partial charge in [0.1, 0.15) is 0 Å². The van der Waals surface area contributed by atoms with Gasteiger partial charge >= 0.3 is 0 Å². The van der Waals surface area contributed by atoms with Crippen LogP contribution in [0.1, 0.15) is 46.0 Å².